The van der Waals surface area contributed by atoms with E-state index in [2.05, 4.69) is 27.0 Å². The highest BCUT2D eigenvalue weighted by molar-refractivity contribution is 6.04. The first-order valence-corrected chi connectivity index (χ1v) is 16.3. The number of rotatable bonds is 8. The quantitative estimate of drug-likeness (QED) is 0.311. The van der Waals surface area contributed by atoms with Crippen LogP contribution in [-0.2, 0) is 15.7 Å². The molecule has 0 spiro atoms. The summed E-state index contributed by atoms with van der Waals surface area (Å²) in [5.41, 5.74) is 1.68. The van der Waals surface area contributed by atoms with Crippen LogP contribution in [0, 0.1) is 6.92 Å². The van der Waals surface area contributed by atoms with Crippen LogP contribution < -0.4 is 15.0 Å². The van der Waals surface area contributed by atoms with Gasteiger partial charge in [0.25, 0.3) is 5.91 Å². The van der Waals surface area contributed by atoms with E-state index in [9.17, 15) is 22.8 Å². The van der Waals surface area contributed by atoms with Crippen molar-refractivity contribution in [2.24, 2.45) is 0 Å². The molecule has 1 N–H and O–H groups in total. The Kier molecular flexibility index (Phi) is 11.0. The summed E-state index contributed by atoms with van der Waals surface area (Å²) in [6.07, 6.45) is -1.72. The van der Waals surface area contributed by atoms with Gasteiger partial charge < -0.3 is 29.3 Å². The summed E-state index contributed by atoms with van der Waals surface area (Å²) in [7, 11) is 0. The second-order valence-corrected chi connectivity index (χ2v) is 13.2. The van der Waals surface area contributed by atoms with E-state index < -0.39 is 23.2 Å². The standard InChI is InChI=1S/C35H43F3N6O5/c1-23-22-44(33(46)49-34(3,4)5)10-9-42(23)13-16-48-32-30(43-11-14-47-15-12-43)18-26(20-40-32)29-19-28(21-39-24(29)2)41-31(45)25-7-6-8-27(17-25)35(36,37)38/h6-8,17-21,23H,9-16,22H2,1-5H3,(H,41,45)/t23-/m0/s1. The van der Waals surface area contributed by atoms with Gasteiger partial charge in [0, 0.05) is 73.9 Å². The third-order valence-corrected chi connectivity index (χ3v) is 8.33. The molecule has 4 heterocycles. The molecule has 1 aromatic carbocycles. The van der Waals surface area contributed by atoms with E-state index in [4.69, 9.17) is 19.2 Å². The van der Waals surface area contributed by atoms with E-state index in [1.54, 1.807) is 17.2 Å². The lowest BCUT2D eigenvalue weighted by atomic mass is 10.0. The Balaban J connectivity index is 1.29. The van der Waals surface area contributed by atoms with Crippen molar-refractivity contribution in [3.63, 3.8) is 0 Å². The summed E-state index contributed by atoms with van der Waals surface area (Å²) >= 11 is 0. The highest BCUT2D eigenvalue weighted by atomic mass is 19.4. The summed E-state index contributed by atoms with van der Waals surface area (Å²) in [6.45, 7) is 14.7. The molecule has 1 atom stereocenters. The van der Waals surface area contributed by atoms with Gasteiger partial charge in [0.15, 0.2) is 0 Å². The number of carbonyl (C=O) groups excluding carboxylic acids is 2. The van der Waals surface area contributed by atoms with Crippen LogP contribution >= 0.6 is 0 Å². The van der Waals surface area contributed by atoms with Crippen molar-refractivity contribution < 1.29 is 37.0 Å². The predicted octanol–water partition coefficient (Wildman–Crippen LogP) is 5.88. The molecule has 2 aliphatic rings. The molecule has 0 aliphatic carbocycles. The van der Waals surface area contributed by atoms with Gasteiger partial charge in [-0.3, -0.25) is 14.7 Å². The average Bonchev–Trinajstić information content (AvgIpc) is 3.05. The zero-order valence-corrected chi connectivity index (χ0v) is 28.5. The maximum absolute atomic E-state index is 13.2. The lowest BCUT2D eigenvalue weighted by Gasteiger charge is -2.40. The number of morpholine rings is 1. The Labute approximate surface area is 284 Å². The fraction of sp³-hybridized carbons (Fsp3) is 0.486. The molecule has 2 aromatic heterocycles. The number of nitrogens with zero attached hydrogens (tertiary/aromatic N) is 5. The molecular formula is C35H43F3N6O5. The van der Waals surface area contributed by atoms with Gasteiger partial charge in [-0.2, -0.15) is 13.2 Å². The normalized spacial score (nSPS) is 17.5. The first-order valence-electron chi connectivity index (χ1n) is 16.3. The van der Waals surface area contributed by atoms with E-state index in [1.807, 2.05) is 33.8 Å². The minimum atomic E-state index is -4.56. The first kappa shape index (κ1) is 35.9. The van der Waals surface area contributed by atoms with Crippen LogP contribution in [0.4, 0.5) is 29.3 Å². The predicted molar refractivity (Wildman–Crippen MR) is 179 cm³/mol. The van der Waals surface area contributed by atoms with Gasteiger partial charge in [0.05, 0.1) is 30.7 Å². The Bertz CT molecular complexity index is 1640. The maximum Gasteiger partial charge on any atom is 0.416 e. The van der Waals surface area contributed by atoms with Gasteiger partial charge in [-0.05, 0) is 65.0 Å². The van der Waals surface area contributed by atoms with E-state index in [0.29, 0.717) is 81.9 Å². The van der Waals surface area contributed by atoms with Crippen molar-refractivity contribution in [2.75, 3.05) is 69.3 Å². The summed E-state index contributed by atoms with van der Waals surface area (Å²) in [5, 5.41) is 2.67. The van der Waals surface area contributed by atoms with Crippen molar-refractivity contribution in [3.8, 4) is 17.0 Å². The minimum absolute atomic E-state index is 0.117. The van der Waals surface area contributed by atoms with Gasteiger partial charge >= 0.3 is 12.3 Å². The van der Waals surface area contributed by atoms with Gasteiger partial charge in [0.1, 0.15) is 17.9 Å². The summed E-state index contributed by atoms with van der Waals surface area (Å²) < 4.78 is 57.0. The van der Waals surface area contributed by atoms with Crippen molar-refractivity contribution in [1.82, 2.24) is 19.8 Å². The average molecular weight is 685 g/mol. The van der Waals surface area contributed by atoms with Crippen LogP contribution in [0.3, 0.4) is 0 Å². The smallest absolute Gasteiger partial charge is 0.416 e. The number of benzene rings is 1. The third-order valence-electron chi connectivity index (χ3n) is 8.33. The van der Waals surface area contributed by atoms with Gasteiger partial charge in [-0.15, -0.1) is 0 Å². The number of piperazine rings is 1. The number of amides is 2. The van der Waals surface area contributed by atoms with Crippen LogP contribution in [0.1, 0.15) is 49.3 Å². The second kappa shape index (κ2) is 15.0. The molecule has 49 heavy (non-hydrogen) atoms. The molecule has 11 nitrogen and oxygen atoms in total. The Morgan fingerprint density at radius 2 is 1.78 bits per heavy atom. The van der Waals surface area contributed by atoms with E-state index >= 15 is 0 Å². The van der Waals surface area contributed by atoms with Crippen LogP contribution in [0.5, 0.6) is 5.88 Å². The molecule has 0 unspecified atom stereocenters. The molecule has 3 aromatic rings. The number of nitrogens with one attached hydrogen (secondary N) is 1. The largest absolute Gasteiger partial charge is 0.475 e. The molecular weight excluding hydrogens is 641 g/mol. The number of pyridine rings is 2. The number of ether oxygens (including phenoxy) is 3. The number of anilines is 2. The molecule has 2 saturated heterocycles. The SMILES string of the molecule is Cc1ncc(NC(=O)c2cccc(C(F)(F)F)c2)cc1-c1cnc(OCCN2CCN(C(=O)OC(C)(C)C)C[C@@H]2C)c(N2CCOCC2)c1. The number of aromatic nitrogens is 2. The highest BCUT2D eigenvalue weighted by Crippen LogP contribution is 2.34. The van der Waals surface area contributed by atoms with Crippen LogP contribution in [0.15, 0.2) is 48.8 Å². The maximum atomic E-state index is 13.2. The molecule has 0 radical (unpaired) electrons. The van der Waals surface area contributed by atoms with Gasteiger partial charge in [0.2, 0.25) is 5.88 Å². The topological polar surface area (TPSA) is 109 Å². The number of alkyl halides is 3. The number of hydrogen-bond donors (Lipinski definition) is 1. The Morgan fingerprint density at radius 3 is 2.47 bits per heavy atom. The summed E-state index contributed by atoms with van der Waals surface area (Å²) in [6, 6.07) is 8.09. The molecule has 264 valence electrons. The molecule has 2 amide bonds. The molecule has 14 heteroatoms. The number of carbonyl (C=O) groups is 2. The van der Waals surface area contributed by atoms with Crippen molar-refractivity contribution >= 4 is 23.4 Å². The van der Waals surface area contributed by atoms with Gasteiger partial charge in [-0.1, -0.05) is 6.07 Å². The third kappa shape index (κ3) is 9.38. The van der Waals surface area contributed by atoms with Crippen LogP contribution in [-0.4, -0.2) is 103 Å². The molecule has 0 bridgehead atoms. The fourth-order valence-corrected chi connectivity index (χ4v) is 5.74. The number of halogens is 3. The Morgan fingerprint density at radius 1 is 1.02 bits per heavy atom. The van der Waals surface area contributed by atoms with E-state index in [0.717, 1.165) is 23.4 Å². The molecule has 2 aliphatic heterocycles. The monoisotopic (exact) mass is 684 g/mol. The summed E-state index contributed by atoms with van der Waals surface area (Å²) in [5.74, 6) is -0.204. The zero-order chi connectivity index (χ0) is 35.3. The van der Waals surface area contributed by atoms with Crippen LogP contribution in [0.25, 0.3) is 11.1 Å². The zero-order valence-electron chi connectivity index (χ0n) is 28.5. The highest BCUT2D eigenvalue weighted by Gasteiger charge is 2.32. The second-order valence-electron chi connectivity index (χ2n) is 13.2. The lowest BCUT2D eigenvalue weighted by molar-refractivity contribution is -0.137. The number of aryl methyl sites for hydroxylation is 1. The van der Waals surface area contributed by atoms with E-state index in [-0.39, 0.29) is 17.7 Å². The first-order chi connectivity index (χ1) is 23.2. The fourth-order valence-electron chi connectivity index (χ4n) is 5.74. The molecule has 2 fully saturated rings. The molecule has 5 rings (SSSR count). The van der Waals surface area contributed by atoms with E-state index in [1.165, 1.54) is 18.3 Å². The van der Waals surface area contributed by atoms with Crippen molar-refractivity contribution in [1.29, 1.82) is 0 Å². The minimum Gasteiger partial charge on any atom is -0.475 e. The summed E-state index contributed by atoms with van der Waals surface area (Å²) in [4.78, 5) is 40.7. The van der Waals surface area contributed by atoms with Gasteiger partial charge in [-0.25, -0.2) is 9.78 Å². The lowest BCUT2D eigenvalue weighted by Crippen LogP contribution is -2.55. The molecule has 0 saturated carbocycles. The van der Waals surface area contributed by atoms with Crippen molar-refractivity contribution in [3.05, 3.63) is 65.6 Å². The van der Waals surface area contributed by atoms with Crippen LogP contribution in [0.2, 0.25) is 0 Å². The number of hydrogen-bond acceptors (Lipinski definition) is 9. The van der Waals surface area contributed by atoms with Crippen molar-refractivity contribution in [2.45, 2.75) is 52.4 Å². The Hall–Kier alpha value is -4.43.